The Morgan fingerprint density at radius 2 is 1.75 bits per heavy atom. The fourth-order valence-electron chi connectivity index (χ4n) is 2.01. The molecule has 0 amide bonds. The molecule has 0 aliphatic carbocycles. The summed E-state index contributed by atoms with van der Waals surface area (Å²) < 4.78 is 0. The van der Waals surface area contributed by atoms with Gasteiger partial charge in [0.15, 0.2) is 5.11 Å². The second kappa shape index (κ2) is 8.15. The molecular formula is C18H14ClN3S2. The van der Waals surface area contributed by atoms with E-state index in [4.69, 9.17) is 23.8 Å². The van der Waals surface area contributed by atoms with Gasteiger partial charge in [-0.1, -0.05) is 35.5 Å². The van der Waals surface area contributed by atoms with Crippen molar-refractivity contribution in [2.75, 3.05) is 10.6 Å². The van der Waals surface area contributed by atoms with Gasteiger partial charge in [-0.05, 0) is 60.7 Å². The molecule has 1 aromatic heterocycles. The van der Waals surface area contributed by atoms with E-state index in [-0.39, 0.29) is 0 Å². The smallest absolute Gasteiger partial charge is 0.175 e. The number of aromatic nitrogens is 1. The minimum absolute atomic E-state index is 0.521. The van der Waals surface area contributed by atoms with Gasteiger partial charge in [0.05, 0.1) is 17.6 Å². The predicted molar refractivity (Wildman–Crippen MR) is 106 cm³/mol. The minimum atomic E-state index is 0.521. The molecule has 24 heavy (non-hydrogen) atoms. The highest BCUT2D eigenvalue weighted by Gasteiger charge is 2.06. The molecule has 0 fully saturated rings. The molecule has 0 radical (unpaired) electrons. The van der Waals surface area contributed by atoms with E-state index in [0.717, 1.165) is 26.2 Å². The van der Waals surface area contributed by atoms with Crippen LogP contribution in [-0.2, 0) is 0 Å². The monoisotopic (exact) mass is 371 g/mol. The standard InChI is InChI=1S/C18H14ClN3S2/c19-13-7-9-15(10-8-13)24-17-6-2-1-5-16(17)22-18(23)21-14-4-3-11-20-12-14/h1-12H,(H2,21,22,23). The Kier molecular flexibility index (Phi) is 5.69. The van der Waals surface area contributed by atoms with Crippen LogP contribution in [0.4, 0.5) is 11.4 Å². The average molecular weight is 372 g/mol. The van der Waals surface area contributed by atoms with Crippen LogP contribution in [-0.4, -0.2) is 10.1 Å². The van der Waals surface area contributed by atoms with Crippen LogP contribution in [0.1, 0.15) is 0 Å². The summed E-state index contributed by atoms with van der Waals surface area (Å²) in [6.07, 6.45) is 3.45. The Bertz CT molecular complexity index is 823. The van der Waals surface area contributed by atoms with Crippen molar-refractivity contribution in [1.29, 1.82) is 0 Å². The Labute approximate surface area is 155 Å². The summed E-state index contributed by atoms with van der Waals surface area (Å²) in [4.78, 5) is 6.25. The molecule has 3 rings (SSSR count). The topological polar surface area (TPSA) is 37.0 Å². The van der Waals surface area contributed by atoms with Gasteiger partial charge < -0.3 is 10.6 Å². The molecule has 3 aromatic rings. The van der Waals surface area contributed by atoms with Gasteiger partial charge in [-0.2, -0.15) is 0 Å². The first-order valence-electron chi connectivity index (χ1n) is 7.21. The maximum atomic E-state index is 5.94. The van der Waals surface area contributed by atoms with Crippen molar-refractivity contribution in [3.63, 3.8) is 0 Å². The van der Waals surface area contributed by atoms with Gasteiger partial charge in [-0.3, -0.25) is 4.98 Å². The molecule has 0 saturated heterocycles. The number of rotatable bonds is 4. The lowest BCUT2D eigenvalue weighted by Crippen LogP contribution is -2.19. The molecule has 1 heterocycles. The van der Waals surface area contributed by atoms with Crippen molar-refractivity contribution in [3.8, 4) is 0 Å². The SMILES string of the molecule is S=C(Nc1cccnc1)Nc1ccccc1Sc1ccc(Cl)cc1. The lowest BCUT2D eigenvalue weighted by atomic mass is 10.3. The van der Waals surface area contributed by atoms with Crippen LogP contribution in [0.3, 0.4) is 0 Å². The highest BCUT2D eigenvalue weighted by Crippen LogP contribution is 2.33. The van der Waals surface area contributed by atoms with Crippen LogP contribution in [0.2, 0.25) is 5.02 Å². The predicted octanol–water partition coefficient (Wildman–Crippen LogP) is 5.70. The zero-order chi connectivity index (χ0) is 16.8. The summed E-state index contributed by atoms with van der Waals surface area (Å²) in [6, 6.07) is 19.5. The number of nitrogens with one attached hydrogen (secondary N) is 2. The molecule has 0 aliphatic heterocycles. The summed E-state index contributed by atoms with van der Waals surface area (Å²) in [5.41, 5.74) is 1.79. The molecule has 2 N–H and O–H groups in total. The molecule has 120 valence electrons. The maximum Gasteiger partial charge on any atom is 0.175 e. The van der Waals surface area contributed by atoms with E-state index in [1.807, 2.05) is 60.7 Å². The van der Waals surface area contributed by atoms with Crippen LogP contribution >= 0.6 is 35.6 Å². The van der Waals surface area contributed by atoms with Crippen LogP contribution in [0.15, 0.2) is 82.8 Å². The van der Waals surface area contributed by atoms with Crippen LogP contribution in [0, 0.1) is 0 Å². The Morgan fingerprint density at radius 3 is 2.50 bits per heavy atom. The molecule has 2 aromatic carbocycles. The van der Waals surface area contributed by atoms with E-state index in [0.29, 0.717) is 5.11 Å². The van der Waals surface area contributed by atoms with Crippen LogP contribution < -0.4 is 10.6 Å². The van der Waals surface area contributed by atoms with Crippen molar-refractivity contribution < 1.29 is 0 Å². The van der Waals surface area contributed by atoms with Crippen molar-refractivity contribution in [2.45, 2.75) is 9.79 Å². The van der Waals surface area contributed by atoms with E-state index in [1.54, 1.807) is 24.2 Å². The van der Waals surface area contributed by atoms with Crippen LogP contribution in [0.5, 0.6) is 0 Å². The first kappa shape index (κ1) is 16.8. The molecular weight excluding hydrogens is 358 g/mol. The number of para-hydroxylation sites is 1. The van der Waals surface area contributed by atoms with E-state index in [1.165, 1.54) is 0 Å². The summed E-state index contributed by atoms with van der Waals surface area (Å²) in [5, 5.41) is 7.61. The highest BCUT2D eigenvalue weighted by molar-refractivity contribution is 7.99. The van der Waals surface area contributed by atoms with Gasteiger partial charge in [0.25, 0.3) is 0 Å². The first-order chi connectivity index (χ1) is 11.7. The normalized spacial score (nSPS) is 10.2. The van der Waals surface area contributed by atoms with E-state index in [2.05, 4.69) is 15.6 Å². The molecule has 0 aliphatic rings. The van der Waals surface area contributed by atoms with Crippen molar-refractivity contribution in [3.05, 3.63) is 78.1 Å². The second-order valence-corrected chi connectivity index (χ2v) is 6.83. The molecule has 0 spiro atoms. The number of halogens is 1. The highest BCUT2D eigenvalue weighted by atomic mass is 35.5. The van der Waals surface area contributed by atoms with E-state index >= 15 is 0 Å². The van der Waals surface area contributed by atoms with Crippen molar-refractivity contribution in [1.82, 2.24) is 4.98 Å². The Morgan fingerprint density at radius 1 is 0.958 bits per heavy atom. The number of nitrogens with zero attached hydrogens (tertiary/aromatic N) is 1. The third kappa shape index (κ3) is 4.71. The zero-order valence-corrected chi connectivity index (χ0v) is 15.0. The fraction of sp³-hybridized carbons (Fsp3) is 0. The quantitative estimate of drug-likeness (QED) is 0.576. The number of thiocarbonyl (C=S) groups is 1. The molecule has 0 unspecified atom stereocenters. The molecule has 3 nitrogen and oxygen atoms in total. The lowest BCUT2D eigenvalue weighted by molar-refractivity contribution is 1.33. The summed E-state index contributed by atoms with van der Waals surface area (Å²) in [5.74, 6) is 0. The third-order valence-electron chi connectivity index (χ3n) is 3.10. The summed E-state index contributed by atoms with van der Waals surface area (Å²) >= 11 is 13.0. The molecule has 0 atom stereocenters. The minimum Gasteiger partial charge on any atom is -0.332 e. The van der Waals surface area contributed by atoms with Gasteiger partial charge in [-0.15, -0.1) is 0 Å². The second-order valence-electron chi connectivity index (χ2n) is 4.87. The summed E-state index contributed by atoms with van der Waals surface area (Å²) in [6.45, 7) is 0. The van der Waals surface area contributed by atoms with Gasteiger partial charge >= 0.3 is 0 Å². The van der Waals surface area contributed by atoms with Gasteiger partial charge in [0, 0.05) is 21.0 Å². The molecule has 0 saturated carbocycles. The van der Waals surface area contributed by atoms with Crippen LogP contribution in [0.25, 0.3) is 0 Å². The number of benzene rings is 2. The van der Waals surface area contributed by atoms with E-state index in [9.17, 15) is 0 Å². The number of hydrogen-bond donors (Lipinski definition) is 2. The van der Waals surface area contributed by atoms with Crippen molar-refractivity contribution >= 4 is 52.1 Å². The maximum absolute atomic E-state index is 5.94. The summed E-state index contributed by atoms with van der Waals surface area (Å²) in [7, 11) is 0. The Hall–Kier alpha value is -2.08. The molecule has 0 bridgehead atoms. The Balaban J connectivity index is 1.71. The van der Waals surface area contributed by atoms with Crippen molar-refractivity contribution in [2.24, 2.45) is 0 Å². The number of pyridine rings is 1. The third-order valence-corrected chi connectivity index (χ3v) is 4.64. The zero-order valence-electron chi connectivity index (χ0n) is 12.6. The first-order valence-corrected chi connectivity index (χ1v) is 8.81. The fourth-order valence-corrected chi connectivity index (χ4v) is 3.27. The number of anilines is 2. The van der Waals surface area contributed by atoms with Gasteiger partial charge in [0.1, 0.15) is 0 Å². The average Bonchev–Trinajstić information content (AvgIpc) is 2.59. The van der Waals surface area contributed by atoms with E-state index < -0.39 is 0 Å². The largest absolute Gasteiger partial charge is 0.332 e. The van der Waals surface area contributed by atoms with Gasteiger partial charge in [-0.25, -0.2) is 0 Å². The molecule has 6 heteroatoms. The van der Waals surface area contributed by atoms with Gasteiger partial charge in [0.2, 0.25) is 0 Å². The lowest BCUT2D eigenvalue weighted by Gasteiger charge is -2.13. The number of hydrogen-bond acceptors (Lipinski definition) is 3.